The summed E-state index contributed by atoms with van der Waals surface area (Å²) in [4.78, 5) is 12.3. The van der Waals surface area contributed by atoms with Crippen LogP contribution in [0.15, 0.2) is 30.1 Å². The molecule has 0 saturated heterocycles. The SMILES string of the molecule is CC(C)(NC(=O)c1cc(Cl)cc(Cl)c1)/C(N)=C/N(N)CCN. The van der Waals surface area contributed by atoms with Gasteiger partial charge in [0, 0.05) is 34.9 Å². The number of hydrazine groups is 1. The lowest BCUT2D eigenvalue weighted by Crippen LogP contribution is -2.48. The van der Waals surface area contributed by atoms with Crippen molar-refractivity contribution in [3.63, 3.8) is 0 Å². The molecule has 1 amide bonds. The fourth-order valence-electron chi connectivity index (χ4n) is 1.67. The van der Waals surface area contributed by atoms with E-state index in [-0.39, 0.29) is 5.91 Å². The van der Waals surface area contributed by atoms with Gasteiger partial charge in [0.15, 0.2) is 0 Å². The highest BCUT2D eigenvalue weighted by atomic mass is 35.5. The first-order valence-corrected chi connectivity index (χ1v) is 7.39. The van der Waals surface area contributed by atoms with Crippen molar-refractivity contribution in [2.75, 3.05) is 13.1 Å². The number of nitrogens with two attached hydrogens (primary N) is 3. The summed E-state index contributed by atoms with van der Waals surface area (Å²) >= 11 is 11.8. The number of nitrogens with zero attached hydrogens (tertiary/aromatic N) is 1. The number of hydrogen-bond donors (Lipinski definition) is 4. The lowest BCUT2D eigenvalue weighted by Gasteiger charge is -2.28. The summed E-state index contributed by atoms with van der Waals surface area (Å²) in [5.41, 5.74) is 11.4. The summed E-state index contributed by atoms with van der Waals surface area (Å²) in [6.07, 6.45) is 1.54. The highest BCUT2D eigenvalue weighted by molar-refractivity contribution is 6.35. The van der Waals surface area contributed by atoms with Gasteiger partial charge >= 0.3 is 0 Å². The van der Waals surface area contributed by atoms with Crippen LogP contribution in [0.5, 0.6) is 0 Å². The van der Waals surface area contributed by atoms with E-state index in [1.54, 1.807) is 19.9 Å². The third-order valence-electron chi connectivity index (χ3n) is 2.96. The second kappa shape index (κ2) is 7.69. The van der Waals surface area contributed by atoms with Gasteiger partial charge in [0.25, 0.3) is 5.91 Å². The molecular formula is C14H21Cl2N5O. The van der Waals surface area contributed by atoms with Crippen molar-refractivity contribution >= 4 is 29.1 Å². The van der Waals surface area contributed by atoms with Crippen LogP contribution in [-0.4, -0.2) is 29.5 Å². The topological polar surface area (TPSA) is 110 Å². The van der Waals surface area contributed by atoms with Gasteiger partial charge in [-0.1, -0.05) is 23.2 Å². The zero-order valence-corrected chi connectivity index (χ0v) is 14.1. The number of rotatable bonds is 6. The molecule has 0 atom stereocenters. The molecule has 1 aromatic rings. The highest BCUT2D eigenvalue weighted by Crippen LogP contribution is 2.20. The lowest BCUT2D eigenvalue weighted by atomic mass is 10.0. The third-order valence-corrected chi connectivity index (χ3v) is 3.40. The number of carbonyl (C=O) groups excluding carboxylic acids is 1. The minimum Gasteiger partial charge on any atom is -0.399 e. The molecule has 122 valence electrons. The average Bonchev–Trinajstić information content (AvgIpc) is 2.37. The van der Waals surface area contributed by atoms with Gasteiger partial charge in [0.1, 0.15) is 0 Å². The molecule has 1 aromatic carbocycles. The Bertz CT molecular complexity index is 554. The molecule has 0 aliphatic carbocycles. The van der Waals surface area contributed by atoms with Crippen LogP contribution in [0.1, 0.15) is 24.2 Å². The van der Waals surface area contributed by atoms with E-state index in [2.05, 4.69) is 5.32 Å². The molecule has 0 radical (unpaired) electrons. The molecule has 0 bridgehead atoms. The molecule has 0 aliphatic rings. The molecule has 22 heavy (non-hydrogen) atoms. The van der Waals surface area contributed by atoms with Crippen molar-refractivity contribution in [3.05, 3.63) is 45.7 Å². The van der Waals surface area contributed by atoms with Gasteiger partial charge in [0.2, 0.25) is 0 Å². The Balaban J connectivity index is 2.88. The van der Waals surface area contributed by atoms with Crippen molar-refractivity contribution in [2.24, 2.45) is 17.3 Å². The zero-order chi connectivity index (χ0) is 16.9. The van der Waals surface area contributed by atoms with Crippen LogP contribution in [0.25, 0.3) is 0 Å². The smallest absolute Gasteiger partial charge is 0.252 e. The third kappa shape index (κ3) is 5.38. The standard InChI is InChI=1S/C14H21Cl2N5O/c1-14(2,12(18)8-21(19)4-3-17)20-13(22)9-5-10(15)7-11(16)6-9/h5-8H,3-4,17-19H2,1-2H3,(H,20,22)/b12-8-. The largest absolute Gasteiger partial charge is 0.399 e. The first-order valence-electron chi connectivity index (χ1n) is 6.63. The van der Waals surface area contributed by atoms with E-state index < -0.39 is 5.54 Å². The summed E-state index contributed by atoms with van der Waals surface area (Å²) in [7, 11) is 0. The van der Waals surface area contributed by atoms with Gasteiger partial charge in [-0.25, -0.2) is 5.84 Å². The maximum atomic E-state index is 12.3. The fourth-order valence-corrected chi connectivity index (χ4v) is 2.19. The van der Waals surface area contributed by atoms with Gasteiger partial charge < -0.3 is 21.8 Å². The fraction of sp³-hybridized carbons (Fsp3) is 0.357. The van der Waals surface area contributed by atoms with E-state index in [0.717, 1.165) is 0 Å². The second-order valence-electron chi connectivity index (χ2n) is 5.35. The predicted molar refractivity (Wildman–Crippen MR) is 90.2 cm³/mol. The minimum absolute atomic E-state index is 0.340. The number of halogens is 2. The number of benzene rings is 1. The summed E-state index contributed by atoms with van der Waals surface area (Å²) in [6, 6.07) is 4.61. The molecule has 0 unspecified atom stereocenters. The van der Waals surface area contributed by atoms with Gasteiger partial charge in [-0.15, -0.1) is 0 Å². The molecule has 0 saturated carbocycles. The Morgan fingerprint density at radius 1 is 1.32 bits per heavy atom. The molecule has 8 heteroatoms. The maximum absolute atomic E-state index is 12.3. The summed E-state index contributed by atoms with van der Waals surface area (Å²) in [5, 5.41) is 4.95. The Hall–Kier alpha value is -1.47. The Morgan fingerprint density at radius 3 is 2.36 bits per heavy atom. The molecule has 0 aromatic heterocycles. The summed E-state index contributed by atoms with van der Waals surface area (Å²) < 4.78 is 0. The van der Waals surface area contributed by atoms with Crippen molar-refractivity contribution in [2.45, 2.75) is 19.4 Å². The number of amides is 1. The lowest BCUT2D eigenvalue weighted by molar-refractivity contribution is 0.0923. The van der Waals surface area contributed by atoms with E-state index >= 15 is 0 Å². The molecule has 0 spiro atoms. The minimum atomic E-state index is -0.807. The van der Waals surface area contributed by atoms with Crippen LogP contribution >= 0.6 is 23.2 Å². The number of hydrogen-bond acceptors (Lipinski definition) is 5. The Morgan fingerprint density at radius 2 is 1.86 bits per heavy atom. The van der Waals surface area contributed by atoms with E-state index in [1.165, 1.54) is 23.3 Å². The quantitative estimate of drug-likeness (QED) is 0.460. The van der Waals surface area contributed by atoms with Crippen LogP contribution in [0.4, 0.5) is 0 Å². The first kappa shape index (κ1) is 18.6. The molecule has 0 aliphatic heterocycles. The van der Waals surface area contributed by atoms with Gasteiger partial charge in [-0.05, 0) is 32.0 Å². The molecule has 6 nitrogen and oxygen atoms in total. The van der Waals surface area contributed by atoms with Crippen molar-refractivity contribution in [3.8, 4) is 0 Å². The highest BCUT2D eigenvalue weighted by Gasteiger charge is 2.25. The maximum Gasteiger partial charge on any atom is 0.252 e. The predicted octanol–water partition coefficient (Wildman–Crippen LogP) is 1.44. The Labute approximate surface area is 140 Å². The number of nitrogens with one attached hydrogen (secondary N) is 1. The molecule has 1 rings (SSSR count). The van der Waals surface area contributed by atoms with Crippen LogP contribution in [-0.2, 0) is 0 Å². The molecular weight excluding hydrogens is 325 g/mol. The van der Waals surface area contributed by atoms with Gasteiger partial charge in [0.05, 0.1) is 11.2 Å². The first-order chi connectivity index (χ1) is 10.2. The van der Waals surface area contributed by atoms with Crippen molar-refractivity contribution < 1.29 is 4.79 Å². The second-order valence-corrected chi connectivity index (χ2v) is 6.22. The Kier molecular flexibility index (Phi) is 6.49. The van der Waals surface area contributed by atoms with Crippen LogP contribution < -0.4 is 22.6 Å². The average molecular weight is 346 g/mol. The van der Waals surface area contributed by atoms with Crippen LogP contribution in [0.2, 0.25) is 10.0 Å². The van der Waals surface area contributed by atoms with Crippen molar-refractivity contribution in [1.82, 2.24) is 10.3 Å². The molecule has 0 heterocycles. The van der Waals surface area contributed by atoms with Crippen molar-refractivity contribution in [1.29, 1.82) is 0 Å². The van der Waals surface area contributed by atoms with Crippen LogP contribution in [0.3, 0.4) is 0 Å². The molecule has 7 N–H and O–H groups in total. The zero-order valence-electron chi connectivity index (χ0n) is 12.6. The van der Waals surface area contributed by atoms with Crippen LogP contribution in [0, 0.1) is 0 Å². The van der Waals surface area contributed by atoms with E-state index in [9.17, 15) is 4.79 Å². The van der Waals surface area contributed by atoms with E-state index in [4.69, 9.17) is 40.5 Å². The molecule has 0 fully saturated rings. The summed E-state index contributed by atoms with van der Waals surface area (Å²) in [6.45, 7) is 4.38. The van der Waals surface area contributed by atoms with Gasteiger partial charge in [-0.2, -0.15) is 0 Å². The number of carbonyl (C=O) groups is 1. The monoisotopic (exact) mass is 345 g/mol. The van der Waals surface area contributed by atoms with E-state index in [0.29, 0.717) is 34.4 Å². The van der Waals surface area contributed by atoms with Gasteiger partial charge in [-0.3, -0.25) is 4.79 Å². The van der Waals surface area contributed by atoms with E-state index in [1.807, 2.05) is 0 Å². The normalized spacial score (nSPS) is 12.2. The summed E-state index contributed by atoms with van der Waals surface area (Å²) in [5.74, 6) is 5.37.